The lowest BCUT2D eigenvalue weighted by Crippen LogP contribution is -2.55. The molecule has 2 saturated carbocycles. The summed E-state index contributed by atoms with van der Waals surface area (Å²) in [5.74, 6) is -2.40. The number of ether oxygens (including phenoxy) is 1. The molecule has 2 atom stereocenters. The van der Waals surface area contributed by atoms with E-state index in [1.165, 1.54) is 0 Å². The molecule has 2 unspecified atom stereocenters. The number of halogens is 2. The van der Waals surface area contributed by atoms with Crippen LogP contribution in [0.4, 0.5) is 8.78 Å². The number of hydrogen-bond donors (Lipinski definition) is 1. The molecule has 0 saturated heterocycles. The van der Waals surface area contributed by atoms with Gasteiger partial charge in [-0.3, -0.25) is 0 Å². The third-order valence-electron chi connectivity index (χ3n) is 4.61. The van der Waals surface area contributed by atoms with Gasteiger partial charge in [-0.05, 0) is 44.4 Å². The maximum atomic E-state index is 13.3. The highest BCUT2D eigenvalue weighted by Crippen LogP contribution is 2.43. The van der Waals surface area contributed by atoms with Gasteiger partial charge in [0.25, 0.3) is 0 Å². The van der Waals surface area contributed by atoms with Crippen molar-refractivity contribution in [3.05, 3.63) is 0 Å². The van der Waals surface area contributed by atoms with Gasteiger partial charge in [-0.15, -0.1) is 0 Å². The molecule has 17 heavy (non-hydrogen) atoms. The van der Waals surface area contributed by atoms with Crippen molar-refractivity contribution >= 4 is 0 Å². The van der Waals surface area contributed by atoms with Gasteiger partial charge in [-0.2, -0.15) is 0 Å². The second kappa shape index (κ2) is 4.81. The van der Waals surface area contributed by atoms with Crippen molar-refractivity contribution in [1.29, 1.82) is 0 Å². The van der Waals surface area contributed by atoms with E-state index in [-0.39, 0.29) is 30.4 Å². The molecule has 100 valence electrons. The minimum absolute atomic E-state index is 0.0144. The maximum Gasteiger partial charge on any atom is 0.248 e. The summed E-state index contributed by atoms with van der Waals surface area (Å²) in [7, 11) is 1.69. The van der Waals surface area contributed by atoms with Crippen molar-refractivity contribution in [2.24, 2.45) is 11.7 Å². The van der Waals surface area contributed by atoms with Crippen LogP contribution in [0.3, 0.4) is 0 Å². The average molecular weight is 247 g/mol. The molecule has 0 amide bonds. The molecular formula is C13H23F2NO. The Morgan fingerprint density at radius 2 is 2.00 bits per heavy atom. The van der Waals surface area contributed by atoms with Gasteiger partial charge in [0.05, 0.1) is 5.60 Å². The van der Waals surface area contributed by atoms with Crippen LogP contribution in [0.15, 0.2) is 0 Å². The number of nitrogens with two attached hydrogens (primary N) is 1. The Labute approximate surface area is 102 Å². The number of hydrogen-bond acceptors (Lipinski definition) is 2. The van der Waals surface area contributed by atoms with Crippen LogP contribution in [0.25, 0.3) is 0 Å². The maximum absolute atomic E-state index is 13.3. The summed E-state index contributed by atoms with van der Waals surface area (Å²) in [6.45, 7) is 0. The van der Waals surface area contributed by atoms with Crippen LogP contribution >= 0.6 is 0 Å². The van der Waals surface area contributed by atoms with Gasteiger partial charge >= 0.3 is 0 Å². The highest BCUT2D eigenvalue weighted by Gasteiger charge is 2.45. The van der Waals surface area contributed by atoms with E-state index in [1.807, 2.05) is 0 Å². The molecule has 2 N–H and O–H groups in total. The van der Waals surface area contributed by atoms with Crippen LogP contribution < -0.4 is 5.73 Å². The Morgan fingerprint density at radius 1 is 1.29 bits per heavy atom. The fraction of sp³-hybridized carbons (Fsp3) is 1.00. The van der Waals surface area contributed by atoms with Crippen molar-refractivity contribution in [2.75, 3.05) is 7.11 Å². The van der Waals surface area contributed by atoms with E-state index < -0.39 is 5.92 Å². The number of rotatable bonds is 4. The van der Waals surface area contributed by atoms with Crippen molar-refractivity contribution in [3.8, 4) is 0 Å². The van der Waals surface area contributed by atoms with Crippen molar-refractivity contribution < 1.29 is 13.5 Å². The van der Waals surface area contributed by atoms with E-state index >= 15 is 0 Å². The van der Waals surface area contributed by atoms with E-state index in [0.717, 1.165) is 25.7 Å². The first-order chi connectivity index (χ1) is 7.97. The predicted octanol–water partition coefficient (Wildman–Crippen LogP) is 3.10. The van der Waals surface area contributed by atoms with E-state index in [0.29, 0.717) is 12.8 Å². The van der Waals surface area contributed by atoms with Gasteiger partial charge in [0.15, 0.2) is 0 Å². The Bertz CT molecular complexity index is 261. The molecular weight excluding hydrogens is 224 g/mol. The van der Waals surface area contributed by atoms with E-state index in [2.05, 4.69) is 0 Å². The topological polar surface area (TPSA) is 35.2 Å². The molecule has 0 aromatic carbocycles. The summed E-state index contributed by atoms with van der Waals surface area (Å²) in [5.41, 5.74) is 5.96. The van der Waals surface area contributed by atoms with Gasteiger partial charge in [-0.1, -0.05) is 0 Å². The first-order valence-electron chi connectivity index (χ1n) is 6.66. The first kappa shape index (κ1) is 13.2. The Morgan fingerprint density at radius 3 is 2.47 bits per heavy atom. The SMILES string of the molecule is COC1(C(N)CC2CCCC(F)(F)C2)CCC1. The molecule has 2 aliphatic rings. The Kier molecular flexibility index (Phi) is 3.74. The summed E-state index contributed by atoms with van der Waals surface area (Å²) in [4.78, 5) is 0. The molecule has 4 heteroatoms. The molecule has 0 spiro atoms. The highest BCUT2D eigenvalue weighted by atomic mass is 19.3. The highest BCUT2D eigenvalue weighted by molar-refractivity contribution is 4.99. The monoisotopic (exact) mass is 247 g/mol. The summed E-state index contributed by atoms with van der Waals surface area (Å²) in [5, 5.41) is 0. The zero-order valence-corrected chi connectivity index (χ0v) is 10.6. The fourth-order valence-electron chi connectivity index (χ4n) is 3.30. The van der Waals surface area contributed by atoms with Gasteiger partial charge in [0, 0.05) is 26.0 Å². The van der Waals surface area contributed by atoms with Crippen LogP contribution in [0.1, 0.15) is 51.4 Å². The van der Waals surface area contributed by atoms with Gasteiger partial charge < -0.3 is 10.5 Å². The third kappa shape index (κ3) is 2.79. The normalized spacial score (nSPS) is 32.8. The molecule has 0 aromatic heterocycles. The molecule has 2 nitrogen and oxygen atoms in total. The number of methoxy groups -OCH3 is 1. The lowest BCUT2D eigenvalue weighted by atomic mass is 9.70. The zero-order valence-electron chi connectivity index (χ0n) is 10.6. The first-order valence-corrected chi connectivity index (χ1v) is 6.66. The molecule has 2 aliphatic carbocycles. The standard InChI is InChI=1S/C13H23F2NO/c1-17-12(5-3-6-12)11(16)8-10-4-2-7-13(14,15)9-10/h10-11H,2-9,16H2,1H3. The van der Waals surface area contributed by atoms with Crippen LogP contribution in [0.5, 0.6) is 0 Å². The minimum atomic E-state index is -2.47. The summed E-state index contributed by atoms with van der Waals surface area (Å²) in [6.07, 6.45) is 5.37. The lowest BCUT2D eigenvalue weighted by Gasteiger charge is -2.46. The lowest BCUT2D eigenvalue weighted by molar-refractivity contribution is -0.102. The molecule has 0 aromatic rings. The summed E-state index contributed by atoms with van der Waals surface area (Å²) >= 11 is 0. The summed E-state index contributed by atoms with van der Waals surface area (Å²) in [6, 6.07) is -0.0832. The van der Waals surface area contributed by atoms with Crippen LogP contribution in [0.2, 0.25) is 0 Å². The summed E-state index contributed by atoms with van der Waals surface area (Å²) < 4.78 is 32.1. The molecule has 0 bridgehead atoms. The smallest absolute Gasteiger partial charge is 0.248 e. The van der Waals surface area contributed by atoms with Crippen LogP contribution in [0, 0.1) is 5.92 Å². The average Bonchev–Trinajstić information content (AvgIpc) is 2.14. The second-order valence-electron chi connectivity index (χ2n) is 5.78. The Balaban J connectivity index is 1.88. The van der Waals surface area contributed by atoms with Crippen molar-refractivity contribution in [2.45, 2.75) is 68.9 Å². The van der Waals surface area contributed by atoms with Gasteiger partial charge in [-0.25, -0.2) is 8.78 Å². The van der Waals surface area contributed by atoms with Gasteiger partial charge in [0.2, 0.25) is 5.92 Å². The third-order valence-corrected chi connectivity index (χ3v) is 4.61. The zero-order chi connectivity index (χ0) is 12.5. The molecule has 0 aliphatic heterocycles. The van der Waals surface area contributed by atoms with E-state index in [1.54, 1.807) is 7.11 Å². The molecule has 2 rings (SSSR count). The van der Waals surface area contributed by atoms with E-state index in [9.17, 15) is 8.78 Å². The molecule has 0 radical (unpaired) electrons. The van der Waals surface area contributed by atoms with Crippen LogP contribution in [-0.4, -0.2) is 24.7 Å². The number of alkyl halides is 2. The Hall–Kier alpha value is -0.220. The van der Waals surface area contributed by atoms with Gasteiger partial charge in [0.1, 0.15) is 0 Å². The largest absolute Gasteiger partial charge is 0.377 e. The van der Waals surface area contributed by atoms with Crippen molar-refractivity contribution in [1.82, 2.24) is 0 Å². The van der Waals surface area contributed by atoms with E-state index in [4.69, 9.17) is 10.5 Å². The van der Waals surface area contributed by atoms with Crippen molar-refractivity contribution in [3.63, 3.8) is 0 Å². The minimum Gasteiger partial charge on any atom is -0.377 e. The second-order valence-corrected chi connectivity index (χ2v) is 5.78. The predicted molar refractivity (Wildman–Crippen MR) is 63.1 cm³/mol. The molecule has 0 heterocycles. The van der Waals surface area contributed by atoms with Crippen LogP contribution in [-0.2, 0) is 4.74 Å². The quantitative estimate of drug-likeness (QED) is 0.828. The fourth-order valence-corrected chi connectivity index (χ4v) is 3.30. The molecule has 2 fully saturated rings.